The SMILES string of the molecule is CC(C)CCCC(C)C1CCC2C3CC(OC(=O)c4cccc(N)c4)C4CC(OC(=O)c5cccc(N)c5)CCC4(C)C3CCC12C. The van der Waals surface area contributed by atoms with E-state index in [2.05, 4.69) is 34.6 Å². The number of esters is 2. The third-order valence-electron chi connectivity index (χ3n) is 13.6. The highest BCUT2D eigenvalue weighted by atomic mass is 16.6. The van der Waals surface area contributed by atoms with Crippen LogP contribution in [-0.2, 0) is 9.47 Å². The zero-order valence-electron chi connectivity index (χ0n) is 29.4. The van der Waals surface area contributed by atoms with Gasteiger partial charge in [0.25, 0.3) is 0 Å². The highest BCUT2D eigenvalue weighted by molar-refractivity contribution is 5.91. The summed E-state index contributed by atoms with van der Waals surface area (Å²) in [7, 11) is 0. The van der Waals surface area contributed by atoms with Crippen LogP contribution in [0.4, 0.5) is 11.4 Å². The topological polar surface area (TPSA) is 105 Å². The summed E-state index contributed by atoms with van der Waals surface area (Å²) in [5.74, 6) is 3.55. The molecule has 0 aromatic heterocycles. The summed E-state index contributed by atoms with van der Waals surface area (Å²) in [4.78, 5) is 26.9. The molecule has 4 N–H and O–H groups in total. The fourth-order valence-electron chi connectivity index (χ4n) is 11.3. The summed E-state index contributed by atoms with van der Waals surface area (Å²) in [6.45, 7) is 12.3. The first-order valence-electron chi connectivity index (χ1n) is 18.5. The standard InChI is InChI=1S/C41H58N2O4/c1-25(2)9-6-10-26(3)33-15-16-34-32-24-37(47-39(45)28-12-8-14-30(43)22-28)36-23-31(46-38(44)27-11-7-13-29(42)21-27)17-19-41(36,5)35(32)18-20-40(33,34)4/h7-8,11-14,21-22,25-26,31-37H,6,9-10,15-20,23-24,42-43H2,1-5H3. The summed E-state index contributed by atoms with van der Waals surface area (Å²) in [5.41, 5.74) is 14.5. The monoisotopic (exact) mass is 642 g/mol. The van der Waals surface area contributed by atoms with Crippen molar-refractivity contribution in [2.45, 2.75) is 117 Å². The molecule has 2 aromatic rings. The zero-order chi connectivity index (χ0) is 33.5. The predicted molar refractivity (Wildman–Crippen MR) is 189 cm³/mol. The van der Waals surface area contributed by atoms with Gasteiger partial charge < -0.3 is 20.9 Å². The van der Waals surface area contributed by atoms with Crippen molar-refractivity contribution in [3.8, 4) is 0 Å². The minimum Gasteiger partial charge on any atom is -0.459 e. The van der Waals surface area contributed by atoms with Gasteiger partial charge in [0.1, 0.15) is 12.2 Å². The van der Waals surface area contributed by atoms with Crippen molar-refractivity contribution in [1.82, 2.24) is 0 Å². The number of nitrogen functional groups attached to an aromatic ring is 2. The van der Waals surface area contributed by atoms with Crippen molar-refractivity contribution in [3.63, 3.8) is 0 Å². The molecule has 4 aliphatic rings. The Morgan fingerprint density at radius 2 is 1.38 bits per heavy atom. The molecule has 0 spiro atoms. The minimum atomic E-state index is -0.333. The molecule has 6 heteroatoms. The second-order valence-electron chi connectivity index (χ2n) is 16.8. The Morgan fingerprint density at radius 3 is 2.02 bits per heavy atom. The van der Waals surface area contributed by atoms with Gasteiger partial charge in [0.2, 0.25) is 0 Å². The first-order chi connectivity index (χ1) is 22.4. The molecule has 0 radical (unpaired) electrons. The number of fused-ring (bicyclic) bond motifs is 5. The van der Waals surface area contributed by atoms with E-state index >= 15 is 0 Å². The van der Waals surface area contributed by atoms with E-state index in [1.165, 1.54) is 44.9 Å². The van der Waals surface area contributed by atoms with Crippen LogP contribution in [0.1, 0.15) is 126 Å². The Bertz CT molecular complexity index is 1440. The second-order valence-corrected chi connectivity index (χ2v) is 16.8. The molecule has 0 saturated heterocycles. The molecule has 4 fully saturated rings. The quantitative estimate of drug-likeness (QED) is 0.209. The number of carbonyl (C=O) groups is 2. The molecule has 2 aromatic carbocycles. The average molecular weight is 643 g/mol. The van der Waals surface area contributed by atoms with Crippen molar-refractivity contribution >= 4 is 23.3 Å². The molecular weight excluding hydrogens is 584 g/mol. The van der Waals surface area contributed by atoms with E-state index in [0.717, 1.165) is 37.0 Å². The van der Waals surface area contributed by atoms with E-state index in [1.807, 2.05) is 6.07 Å². The molecule has 0 aliphatic heterocycles. The van der Waals surface area contributed by atoms with Gasteiger partial charge in [-0.15, -0.1) is 0 Å². The van der Waals surface area contributed by atoms with Gasteiger partial charge in [0, 0.05) is 17.3 Å². The summed E-state index contributed by atoms with van der Waals surface area (Å²) in [6.07, 6.45) is 12.1. The normalized spacial score (nSPS) is 35.3. The summed E-state index contributed by atoms with van der Waals surface area (Å²) >= 11 is 0. The summed E-state index contributed by atoms with van der Waals surface area (Å²) in [5, 5.41) is 0. The van der Waals surface area contributed by atoms with Crippen LogP contribution in [0.2, 0.25) is 0 Å². The van der Waals surface area contributed by atoms with Crippen molar-refractivity contribution in [2.24, 2.45) is 52.3 Å². The summed E-state index contributed by atoms with van der Waals surface area (Å²) < 4.78 is 12.7. The zero-order valence-corrected chi connectivity index (χ0v) is 29.4. The minimum absolute atomic E-state index is 0.0198. The van der Waals surface area contributed by atoms with Crippen LogP contribution in [0.3, 0.4) is 0 Å². The fraction of sp³-hybridized carbons (Fsp3) is 0.659. The lowest BCUT2D eigenvalue weighted by molar-refractivity contribution is -0.174. The van der Waals surface area contributed by atoms with E-state index < -0.39 is 0 Å². The van der Waals surface area contributed by atoms with Crippen LogP contribution in [-0.4, -0.2) is 24.1 Å². The lowest BCUT2D eigenvalue weighted by Crippen LogP contribution is -2.59. The highest BCUT2D eigenvalue weighted by Gasteiger charge is 2.63. The maximum atomic E-state index is 13.7. The second kappa shape index (κ2) is 13.5. The first kappa shape index (κ1) is 33.9. The molecular formula is C41H58N2O4. The fourth-order valence-corrected chi connectivity index (χ4v) is 11.3. The van der Waals surface area contributed by atoms with Gasteiger partial charge in [-0.25, -0.2) is 9.59 Å². The molecule has 4 aliphatic carbocycles. The third kappa shape index (κ3) is 6.68. The van der Waals surface area contributed by atoms with E-state index in [1.54, 1.807) is 42.5 Å². The number of carbonyl (C=O) groups excluding carboxylic acids is 2. The molecule has 10 atom stereocenters. The molecule has 47 heavy (non-hydrogen) atoms. The van der Waals surface area contributed by atoms with E-state index in [9.17, 15) is 9.59 Å². The third-order valence-corrected chi connectivity index (χ3v) is 13.6. The predicted octanol–water partition coefficient (Wildman–Crippen LogP) is 9.33. The van der Waals surface area contributed by atoms with Crippen molar-refractivity contribution in [1.29, 1.82) is 0 Å². The molecule has 0 heterocycles. The lowest BCUT2D eigenvalue weighted by atomic mass is 9.43. The average Bonchev–Trinajstić information content (AvgIpc) is 3.39. The van der Waals surface area contributed by atoms with Crippen molar-refractivity contribution in [2.75, 3.05) is 11.5 Å². The van der Waals surface area contributed by atoms with Gasteiger partial charge in [-0.2, -0.15) is 0 Å². The van der Waals surface area contributed by atoms with E-state index in [0.29, 0.717) is 52.1 Å². The number of hydrogen-bond donors (Lipinski definition) is 2. The molecule has 10 unspecified atom stereocenters. The highest BCUT2D eigenvalue weighted by Crippen LogP contribution is 2.69. The molecule has 4 saturated carbocycles. The first-order valence-corrected chi connectivity index (χ1v) is 18.5. The van der Waals surface area contributed by atoms with Crippen LogP contribution in [0.25, 0.3) is 0 Å². The van der Waals surface area contributed by atoms with Crippen LogP contribution in [0.5, 0.6) is 0 Å². The van der Waals surface area contributed by atoms with Crippen LogP contribution in [0, 0.1) is 52.3 Å². The maximum Gasteiger partial charge on any atom is 0.338 e. The maximum absolute atomic E-state index is 13.7. The number of ether oxygens (including phenoxy) is 2. The van der Waals surface area contributed by atoms with Gasteiger partial charge in [-0.05, 0) is 134 Å². The van der Waals surface area contributed by atoms with Crippen LogP contribution in [0.15, 0.2) is 48.5 Å². The molecule has 256 valence electrons. The summed E-state index contributed by atoms with van der Waals surface area (Å²) in [6, 6.07) is 14.1. The Kier molecular flexibility index (Phi) is 9.71. The molecule has 0 bridgehead atoms. The van der Waals surface area contributed by atoms with E-state index in [-0.39, 0.29) is 35.5 Å². The van der Waals surface area contributed by atoms with Gasteiger partial charge in [-0.1, -0.05) is 66.0 Å². The molecule has 6 rings (SSSR count). The van der Waals surface area contributed by atoms with Gasteiger partial charge in [0.15, 0.2) is 0 Å². The number of rotatable bonds is 9. The van der Waals surface area contributed by atoms with Gasteiger partial charge >= 0.3 is 11.9 Å². The largest absolute Gasteiger partial charge is 0.459 e. The number of hydrogen-bond acceptors (Lipinski definition) is 6. The number of anilines is 2. The Labute approximate surface area is 282 Å². The Morgan fingerprint density at radius 1 is 0.766 bits per heavy atom. The van der Waals surface area contributed by atoms with E-state index in [4.69, 9.17) is 20.9 Å². The van der Waals surface area contributed by atoms with Crippen LogP contribution >= 0.6 is 0 Å². The number of benzene rings is 2. The van der Waals surface area contributed by atoms with Crippen LogP contribution < -0.4 is 11.5 Å². The van der Waals surface area contributed by atoms with Gasteiger partial charge in [0.05, 0.1) is 11.1 Å². The Hall–Kier alpha value is -3.02. The lowest BCUT2D eigenvalue weighted by Gasteiger charge is -2.62. The van der Waals surface area contributed by atoms with Gasteiger partial charge in [-0.3, -0.25) is 0 Å². The molecule has 0 amide bonds. The Balaban J connectivity index is 1.25. The molecule has 6 nitrogen and oxygen atoms in total. The smallest absolute Gasteiger partial charge is 0.338 e. The van der Waals surface area contributed by atoms with Crippen molar-refractivity contribution < 1.29 is 19.1 Å². The number of nitrogens with two attached hydrogens (primary N) is 2. The van der Waals surface area contributed by atoms with Crippen molar-refractivity contribution in [3.05, 3.63) is 59.7 Å².